The van der Waals surface area contributed by atoms with Gasteiger partial charge in [0.05, 0.1) is 12.0 Å². The molecular weight excluding hydrogens is 242 g/mol. The summed E-state index contributed by atoms with van der Waals surface area (Å²) in [7, 11) is 1.76. The molecule has 5 heteroatoms. The van der Waals surface area contributed by atoms with Gasteiger partial charge in [0.2, 0.25) is 0 Å². The Bertz CT molecular complexity index is 421. The van der Waals surface area contributed by atoms with Gasteiger partial charge < -0.3 is 14.2 Å². The summed E-state index contributed by atoms with van der Waals surface area (Å²) in [5.41, 5.74) is 0.561. The third-order valence-corrected chi connectivity index (χ3v) is 2.83. The summed E-state index contributed by atoms with van der Waals surface area (Å²) in [5, 5.41) is 0. The fourth-order valence-corrected chi connectivity index (χ4v) is 1.64. The van der Waals surface area contributed by atoms with Crippen LogP contribution < -0.4 is 0 Å². The quantitative estimate of drug-likeness (QED) is 0.842. The summed E-state index contributed by atoms with van der Waals surface area (Å²) < 4.78 is 7.38. The van der Waals surface area contributed by atoms with Gasteiger partial charge in [0.15, 0.2) is 0 Å². The number of carbonyl (C=O) groups is 1. The normalized spacial score (nSPS) is 13.2. The lowest BCUT2D eigenvalue weighted by Crippen LogP contribution is -2.35. The molecule has 5 nitrogen and oxygen atoms in total. The number of rotatable bonds is 4. The third kappa shape index (κ3) is 5.32. The number of ether oxygens (including phenoxy) is 1. The fourth-order valence-electron chi connectivity index (χ4n) is 1.64. The maximum absolute atomic E-state index is 11.8. The van der Waals surface area contributed by atoms with E-state index in [0.29, 0.717) is 12.6 Å². The highest BCUT2D eigenvalue weighted by atomic mass is 16.6. The summed E-state index contributed by atoms with van der Waals surface area (Å²) >= 11 is 0. The van der Waals surface area contributed by atoms with Crippen LogP contribution in [0.4, 0.5) is 4.79 Å². The fraction of sp³-hybridized carbons (Fsp3) is 0.714. The van der Waals surface area contributed by atoms with Crippen molar-refractivity contribution in [1.29, 1.82) is 0 Å². The lowest BCUT2D eigenvalue weighted by atomic mass is 10.2. The van der Waals surface area contributed by atoms with Gasteiger partial charge in [-0.2, -0.15) is 0 Å². The summed E-state index contributed by atoms with van der Waals surface area (Å²) in [4.78, 5) is 17.6. The Morgan fingerprint density at radius 2 is 2.16 bits per heavy atom. The predicted octanol–water partition coefficient (Wildman–Crippen LogP) is 3.01. The maximum Gasteiger partial charge on any atom is 0.410 e. The molecule has 0 spiro atoms. The molecule has 0 fully saturated rings. The van der Waals surface area contributed by atoms with E-state index in [1.807, 2.05) is 40.2 Å². The first-order chi connectivity index (χ1) is 8.69. The van der Waals surface area contributed by atoms with Gasteiger partial charge in [0.25, 0.3) is 0 Å². The van der Waals surface area contributed by atoms with E-state index in [4.69, 9.17) is 4.74 Å². The van der Waals surface area contributed by atoms with E-state index in [1.54, 1.807) is 11.9 Å². The molecule has 0 N–H and O–H groups in total. The van der Waals surface area contributed by atoms with Gasteiger partial charge in [0.1, 0.15) is 5.60 Å². The lowest BCUT2D eigenvalue weighted by Gasteiger charge is -2.25. The Balaban J connectivity index is 2.41. The van der Waals surface area contributed by atoms with Gasteiger partial charge in [0, 0.05) is 25.8 Å². The van der Waals surface area contributed by atoms with Crippen LogP contribution in [0.15, 0.2) is 12.5 Å². The van der Waals surface area contributed by atoms with E-state index < -0.39 is 5.60 Å². The van der Waals surface area contributed by atoms with Crippen LogP contribution in [0.2, 0.25) is 0 Å². The van der Waals surface area contributed by atoms with Gasteiger partial charge in [-0.15, -0.1) is 0 Å². The number of aryl methyl sites for hydroxylation is 1. The highest BCUT2D eigenvalue weighted by Crippen LogP contribution is 2.13. The molecular formula is C14H25N3O2. The number of amides is 1. The molecule has 19 heavy (non-hydrogen) atoms. The van der Waals surface area contributed by atoms with Crippen LogP contribution >= 0.6 is 0 Å². The SMILES string of the molecule is Cc1cn(C(C)CCN(C)C(=O)OC(C)(C)C)cn1. The van der Waals surface area contributed by atoms with Crippen molar-refractivity contribution in [2.45, 2.75) is 52.7 Å². The van der Waals surface area contributed by atoms with E-state index >= 15 is 0 Å². The molecule has 0 saturated heterocycles. The molecule has 1 aromatic rings. The second-order valence-electron chi connectivity index (χ2n) is 6.00. The van der Waals surface area contributed by atoms with Crippen LogP contribution in [-0.2, 0) is 4.74 Å². The van der Waals surface area contributed by atoms with E-state index in [-0.39, 0.29) is 6.09 Å². The minimum atomic E-state index is -0.446. The zero-order chi connectivity index (χ0) is 14.6. The van der Waals surface area contributed by atoms with Gasteiger partial charge in [-0.3, -0.25) is 0 Å². The zero-order valence-electron chi connectivity index (χ0n) is 12.8. The predicted molar refractivity (Wildman–Crippen MR) is 75.2 cm³/mol. The van der Waals surface area contributed by atoms with Gasteiger partial charge >= 0.3 is 6.09 Å². The molecule has 1 rings (SSSR count). The number of hydrogen-bond acceptors (Lipinski definition) is 3. The van der Waals surface area contributed by atoms with E-state index in [2.05, 4.69) is 16.5 Å². The largest absolute Gasteiger partial charge is 0.444 e. The van der Waals surface area contributed by atoms with Crippen LogP contribution in [0.3, 0.4) is 0 Å². The minimum absolute atomic E-state index is 0.276. The van der Waals surface area contributed by atoms with Crippen LogP contribution in [0.1, 0.15) is 45.9 Å². The van der Waals surface area contributed by atoms with Crippen molar-refractivity contribution in [1.82, 2.24) is 14.5 Å². The minimum Gasteiger partial charge on any atom is -0.444 e. The first-order valence-corrected chi connectivity index (χ1v) is 6.63. The molecule has 0 saturated carbocycles. The van der Waals surface area contributed by atoms with Crippen molar-refractivity contribution in [3.8, 4) is 0 Å². The van der Waals surface area contributed by atoms with Crippen LogP contribution in [0.5, 0.6) is 0 Å². The molecule has 0 aromatic carbocycles. The molecule has 1 atom stereocenters. The molecule has 108 valence electrons. The van der Waals surface area contributed by atoms with Crippen molar-refractivity contribution in [3.05, 3.63) is 18.2 Å². The van der Waals surface area contributed by atoms with Crippen molar-refractivity contribution >= 4 is 6.09 Å². The lowest BCUT2D eigenvalue weighted by molar-refractivity contribution is 0.0292. The molecule has 1 unspecified atom stereocenters. The second kappa shape index (κ2) is 6.08. The Hall–Kier alpha value is -1.52. The molecule has 0 radical (unpaired) electrons. The Labute approximate surface area is 115 Å². The van der Waals surface area contributed by atoms with Crippen LogP contribution in [0, 0.1) is 6.92 Å². The Kier molecular flexibility index (Phi) is 4.97. The molecule has 1 aromatic heterocycles. The Morgan fingerprint density at radius 1 is 1.53 bits per heavy atom. The Morgan fingerprint density at radius 3 is 2.63 bits per heavy atom. The van der Waals surface area contributed by atoms with Crippen molar-refractivity contribution < 1.29 is 9.53 Å². The first kappa shape index (κ1) is 15.5. The van der Waals surface area contributed by atoms with Crippen molar-refractivity contribution in [3.63, 3.8) is 0 Å². The highest BCUT2D eigenvalue weighted by Gasteiger charge is 2.19. The van der Waals surface area contributed by atoms with Crippen LogP contribution in [-0.4, -0.2) is 39.7 Å². The number of hydrogen-bond donors (Lipinski definition) is 0. The summed E-state index contributed by atoms with van der Waals surface area (Å²) in [6.45, 7) is 10.4. The van der Waals surface area contributed by atoms with E-state index in [9.17, 15) is 4.79 Å². The van der Waals surface area contributed by atoms with Crippen LogP contribution in [0.25, 0.3) is 0 Å². The summed E-state index contributed by atoms with van der Waals surface area (Å²) in [6.07, 6.45) is 4.43. The first-order valence-electron chi connectivity index (χ1n) is 6.63. The average molecular weight is 267 g/mol. The molecule has 0 bridgehead atoms. The van der Waals surface area contributed by atoms with E-state index in [1.165, 1.54) is 0 Å². The molecule has 0 aliphatic rings. The number of carbonyl (C=O) groups excluding carboxylic acids is 1. The molecule has 1 amide bonds. The van der Waals surface area contributed by atoms with Crippen molar-refractivity contribution in [2.75, 3.05) is 13.6 Å². The molecule has 0 aliphatic carbocycles. The highest BCUT2D eigenvalue weighted by molar-refractivity contribution is 5.67. The van der Waals surface area contributed by atoms with E-state index in [0.717, 1.165) is 12.1 Å². The number of imidazole rings is 1. The second-order valence-corrected chi connectivity index (χ2v) is 6.00. The summed E-state index contributed by atoms with van der Waals surface area (Å²) in [5.74, 6) is 0. The molecule has 1 heterocycles. The number of aromatic nitrogens is 2. The zero-order valence-corrected chi connectivity index (χ0v) is 12.8. The van der Waals surface area contributed by atoms with Gasteiger partial charge in [-0.1, -0.05) is 0 Å². The maximum atomic E-state index is 11.8. The number of nitrogens with zero attached hydrogens (tertiary/aromatic N) is 3. The van der Waals surface area contributed by atoms with Crippen molar-refractivity contribution in [2.24, 2.45) is 0 Å². The third-order valence-electron chi connectivity index (χ3n) is 2.83. The smallest absolute Gasteiger partial charge is 0.410 e. The monoisotopic (exact) mass is 267 g/mol. The molecule has 0 aliphatic heterocycles. The topological polar surface area (TPSA) is 47.4 Å². The summed E-state index contributed by atoms with van der Waals surface area (Å²) in [6, 6.07) is 0.311. The average Bonchev–Trinajstić information content (AvgIpc) is 2.69. The van der Waals surface area contributed by atoms with Gasteiger partial charge in [-0.05, 0) is 41.0 Å². The van der Waals surface area contributed by atoms with Gasteiger partial charge in [-0.25, -0.2) is 9.78 Å². The standard InChI is InChI=1S/C14H25N3O2/c1-11-9-17(10-15-11)12(2)7-8-16(6)13(18)19-14(3,4)5/h9-10,12H,7-8H2,1-6H3.